The Kier molecular flexibility index (Phi) is 4.97. The summed E-state index contributed by atoms with van der Waals surface area (Å²) in [4.78, 5) is 0. The second-order valence-electron chi connectivity index (χ2n) is 4.73. The number of aryl methyl sites for hydroxylation is 2. The highest BCUT2D eigenvalue weighted by molar-refractivity contribution is 5.43. The highest BCUT2D eigenvalue weighted by atomic mass is 16.5. The van der Waals surface area contributed by atoms with Crippen molar-refractivity contribution in [2.45, 2.75) is 39.8 Å². The molecule has 0 aromatic heterocycles. The fourth-order valence-corrected chi connectivity index (χ4v) is 1.90. The van der Waals surface area contributed by atoms with Crippen molar-refractivity contribution in [2.75, 3.05) is 13.7 Å². The first-order valence-electron chi connectivity index (χ1n) is 6.01. The highest BCUT2D eigenvalue weighted by Crippen LogP contribution is 2.28. The van der Waals surface area contributed by atoms with Gasteiger partial charge in [0.15, 0.2) is 0 Å². The lowest BCUT2D eigenvalue weighted by Crippen LogP contribution is -2.30. The quantitative estimate of drug-likeness (QED) is 0.826. The molecule has 0 radical (unpaired) electrons. The van der Waals surface area contributed by atoms with E-state index in [2.05, 4.69) is 39.1 Å². The van der Waals surface area contributed by atoms with Crippen LogP contribution in [-0.2, 0) is 0 Å². The van der Waals surface area contributed by atoms with Gasteiger partial charge in [0.1, 0.15) is 5.75 Å². The SMILES string of the molecule is COc1cc(C)c(C)cc1C(CO)NC(C)C. The number of hydrogen-bond donors (Lipinski definition) is 2. The molecule has 96 valence electrons. The van der Waals surface area contributed by atoms with E-state index < -0.39 is 0 Å². The van der Waals surface area contributed by atoms with Crippen molar-refractivity contribution in [3.8, 4) is 5.75 Å². The predicted molar refractivity (Wildman–Crippen MR) is 70.6 cm³/mol. The van der Waals surface area contributed by atoms with E-state index in [1.807, 2.05) is 6.07 Å². The van der Waals surface area contributed by atoms with Gasteiger partial charge in [0.2, 0.25) is 0 Å². The molecular weight excluding hydrogens is 214 g/mol. The van der Waals surface area contributed by atoms with Gasteiger partial charge in [0.25, 0.3) is 0 Å². The van der Waals surface area contributed by atoms with E-state index in [1.54, 1.807) is 7.11 Å². The minimum atomic E-state index is -0.0794. The molecule has 0 amide bonds. The molecule has 0 aliphatic heterocycles. The molecule has 0 bridgehead atoms. The van der Waals surface area contributed by atoms with Gasteiger partial charge in [-0.2, -0.15) is 0 Å². The van der Waals surface area contributed by atoms with Crippen LogP contribution in [0.1, 0.15) is 36.6 Å². The standard InChI is InChI=1S/C14H23NO2/c1-9(2)15-13(8-16)12-6-10(3)11(4)7-14(12)17-5/h6-7,9,13,15-16H,8H2,1-5H3. The zero-order valence-electron chi connectivity index (χ0n) is 11.4. The number of methoxy groups -OCH3 is 1. The summed E-state index contributed by atoms with van der Waals surface area (Å²) in [6, 6.07) is 4.35. The summed E-state index contributed by atoms with van der Waals surface area (Å²) in [5.74, 6) is 0.834. The number of nitrogens with one attached hydrogen (secondary N) is 1. The monoisotopic (exact) mass is 237 g/mol. The Hall–Kier alpha value is -1.06. The average Bonchev–Trinajstić information content (AvgIpc) is 2.28. The summed E-state index contributed by atoms with van der Waals surface area (Å²) < 4.78 is 5.39. The first-order chi connectivity index (χ1) is 7.99. The maximum Gasteiger partial charge on any atom is 0.124 e. The lowest BCUT2D eigenvalue weighted by atomic mass is 9.99. The van der Waals surface area contributed by atoms with Crippen molar-refractivity contribution >= 4 is 0 Å². The second-order valence-corrected chi connectivity index (χ2v) is 4.73. The van der Waals surface area contributed by atoms with Gasteiger partial charge in [-0.15, -0.1) is 0 Å². The molecule has 1 unspecified atom stereocenters. The lowest BCUT2D eigenvalue weighted by Gasteiger charge is -2.22. The van der Waals surface area contributed by atoms with Crippen molar-refractivity contribution in [2.24, 2.45) is 0 Å². The fourth-order valence-electron chi connectivity index (χ4n) is 1.90. The van der Waals surface area contributed by atoms with Gasteiger partial charge in [-0.3, -0.25) is 0 Å². The Morgan fingerprint density at radius 3 is 2.29 bits per heavy atom. The number of ether oxygens (including phenoxy) is 1. The van der Waals surface area contributed by atoms with Gasteiger partial charge in [-0.1, -0.05) is 19.9 Å². The van der Waals surface area contributed by atoms with Crippen LogP contribution >= 0.6 is 0 Å². The summed E-state index contributed by atoms with van der Waals surface area (Å²) in [5, 5.41) is 12.8. The Labute approximate surface area is 104 Å². The van der Waals surface area contributed by atoms with E-state index in [0.717, 1.165) is 11.3 Å². The molecule has 17 heavy (non-hydrogen) atoms. The molecule has 2 N–H and O–H groups in total. The van der Waals surface area contributed by atoms with Crippen LogP contribution in [0.5, 0.6) is 5.75 Å². The maximum atomic E-state index is 9.49. The molecule has 0 heterocycles. The highest BCUT2D eigenvalue weighted by Gasteiger charge is 2.17. The van der Waals surface area contributed by atoms with E-state index in [9.17, 15) is 5.11 Å². The molecule has 0 aliphatic carbocycles. The number of aliphatic hydroxyl groups is 1. The average molecular weight is 237 g/mol. The molecule has 0 saturated heterocycles. The molecule has 3 heteroatoms. The third-order valence-corrected chi connectivity index (χ3v) is 2.94. The molecule has 0 spiro atoms. The molecule has 1 rings (SSSR count). The third kappa shape index (κ3) is 3.45. The van der Waals surface area contributed by atoms with Crippen LogP contribution in [0.25, 0.3) is 0 Å². The van der Waals surface area contributed by atoms with Crippen LogP contribution in [-0.4, -0.2) is 24.9 Å². The number of benzene rings is 1. The van der Waals surface area contributed by atoms with Crippen molar-refractivity contribution in [1.29, 1.82) is 0 Å². The summed E-state index contributed by atoms with van der Waals surface area (Å²) >= 11 is 0. The van der Waals surface area contributed by atoms with E-state index in [0.29, 0.717) is 6.04 Å². The topological polar surface area (TPSA) is 41.5 Å². The molecular formula is C14H23NO2. The van der Waals surface area contributed by atoms with Crippen LogP contribution in [0.3, 0.4) is 0 Å². The predicted octanol–water partition coefficient (Wildman–Crippen LogP) is 2.34. The van der Waals surface area contributed by atoms with E-state index in [-0.39, 0.29) is 12.6 Å². The molecule has 1 aromatic rings. The minimum Gasteiger partial charge on any atom is -0.496 e. The zero-order valence-corrected chi connectivity index (χ0v) is 11.4. The Morgan fingerprint density at radius 2 is 1.82 bits per heavy atom. The van der Waals surface area contributed by atoms with E-state index in [1.165, 1.54) is 11.1 Å². The van der Waals surface area contributed by atoms with Gasteiger partial charge in [-0.05, 0) is 31.0 Å². The summed E-state index contributed by atoms with van der Waals surface area (Å²) in [6.45, 7) is 8.33. The molecule has 3 nitrogen and oxygen atoms in total. The molecule has 0 fully saturated rings. The maximum absolute atomic E-state index is 9.49. The Balaban J connectivity index is 3.12. The number of aliphatic hydroxyl groups excluding tert-OH is 1. The third-order valence-electron chi connectivity index (χ3n) is 2.94. The van der Waals surface area contributed by atoms with E-state index >= 15 is 0 Å². The summed E-state index contributed by atoms with van der Waals surface area (Å²) in [7, 11) is 1.66. The molecule has 1 aromatic carbocycles. The van der Waals surface area contributed by atoms with Gasteiger partial charge < -0.3 is 15.2 Å². The molecule has 0 aliphatic rings. The van der Waals surface area contributed by atoms with Crippen LogP contribution in [0.2, 0.25) is 0 Å². The van der Waals surface area contributed by atoms with Crippen molar-refractivity contribution < 1.29 is 9.84 Å². The van der Waals surface area contributed by atoms with Crippen molar-refractivity contribution in [1.82, 2.24) is 5.32 Å². The summed E-state index contributed by atoms with van der Waals surface area (Å²) in [5.41, 5.74) is 3.43. The molecule has 1 atom stereocenters. The van der Waals surface area contributed by atoms with Crippen LogP contribution in [0.15, 0.2) is 12.1 Å². The zero-order chi connectivity index (χ0) is 13.0. The summed E-state index contributed by atoms with van der Waals surface area (Å²) in [6.07, 6.45) is 0. The normalized spacial score (nSPS) is 12.9. The first-order valence-corrected chi connectivity index (χ1v) is 6.01. The fraction of sp³-hybridized carbons (Fsp3) is 0.571. The largest absolute Gasteiger partial charge is 0.496 e. The van der Waals surface area contributed by atoms with Gasteiger partial charge in [0.05, 0.1) is 19.8 Å². The Bertz CT molecular complexity index is 375. The van der Waals surface area contributed by atoms with Gasteiger partial charge in [-0.25, -0.2) is 0 Å². The smallest absolute Gasteiger partial charge is 0.124 e. The first kappa shape index (κ1) is 14.0. The van der Waals surface area contributed by atoms with Crippen molar-refractivity contribution in [3.05, 3.63) is 28.8 Å². The second kappa shape index (κ2) is 6.03. The van der Waals surface area contributed by atoms with Gasteiger partial charge >= 0.3 is 0 Å². The lowest BCUT2D eigenvalue weighted by molar-refractivity contribution is 0.234. The van der Waals surface area contributed by atoms with Gasteiger partial charge in [0, 0.05) is 11.6 Å². The van der Waals surface area contributed by atoms with E-state index in [4.69, 9.17) is 4.74 Å². The number of hydrogen-bond acceptors (Lipinski definition) is 3. The van der Waals surface area contributed by atoms with Crippen LogP contribution in [0.4, 0.5) is 0 Å². The number of rotatable bonds is 5. The minimum absolute atomic E-state index is 0.0665. The van der Waals surface area contributed by atoms with Crippen LogP contribution < -0.4 is 10.1 Å². The van der Waals surface area contributed by atoms with Crippen LogP contribution in [0, 0.1) is 13.8 Å². The van der Waals surface area contributed by atoms with Crippen molar-refractivity contribution in [3.63, 3.8) is 0 Å². The Morgan fingerprint density at radius 1 is 1.24 bits per heavy atom. The molecule has 0 saturated carbocycles.